The molecule has 0 aromatic rings. The first-order chi connectivity index (χ1) is 8.61. The van der Waals surface area contributed by atoms with E-state index in [-0.39, 0.29) is 0 Å². The lowest BCUT2D eigenvalue weighted by molar-refractivity contribution is 0.169. The fraction of sp³-hybridized carbons (Fsp3) is 0.600. The van der Waals surface area contributed by atoms with Gasteiger partial charge in [-0.2, -0.15) is 0 Å². The molecule has 0 bridgehead atoms. The van der Waals surface area contributed by atoms with E-state index < -0.39 is 5.67 Å². The second-order valence-electron chi connectivity index (χ2n) is 4.86. The van der Waals surface area contributed by atoms with E-state index in [2.05, 4.69) is 11.9 Å². The minimum atomic E-state index is -0.979. The molecule has 0 unspecified atom stereocenters. The third-order valence-electron chi connectivity index (χ3n) is 3.37. The van der Waals surface area contributed by atoms with Crippen molar-refractivity contribution in [2.24, 2.45) is 0 Å². The zero-order valence-corrected chi connectivity index (χ0v) is 11.9. The highest BCUT2D eigenvalue weighted by Crippen LogP contribution is 2.32. The summed E-state index contributed by atoms with van der Waals surface area (Å²) in [4.78, 5) is 0. The van der Waals surface area contributed by atoms with Crippen molar-refractivity contribution in [3.05, 3.63) is 35.4 Å². The molecule has 3 heteroatoms. The predicted molar refractivity (Wildman–Crippen MR) is 77.7 cm³/mol. The van der Waals surface area contributed by atoms with Crippen molar-refractivity contribution in [1.29, 1.82) is 0 Å². The van der Waals surface area contributed by atoms with E-state index in [9.17, 15) is 4.39 Å². The maximum Gasteiger partial charge on any atom is 0.123 e. The Kier molecular flexibility index (Phi) is 6.66. The van der Waals surface area contributed by atoms with Gasteiger partial charge in [0, 0.05) is 11.6 Å². The van der Waals surface area contributed by atoms with Gasteiger partial charge in [-0.15, -0.1) is 0 Å². The van der Waals surface area contributed by atoms with Crippen LogP contribution in [0.3, 0.4) is 0 Å². The summed E-state index contributed by atoms with van der Waals surface area (Å²) in [5.74, 6) is 0. The SMILES string of the molecule is C=C/C(Cl)=C(\C=C/C)CCNCC1(F)CCCC1. The highest BCUT2D eigenvalue weighted by molar-refractivity contribution is 6.31. The smallest absolute Gasteiger partial charge is 0.123 e. The molecular formula is C15H23ClFN. The van der Waals surface area contributed by atoms with Gasteiger partial charge >= 0.3 is 0 Å². The molecule has 0 amide bonds. The summed E-state index contributed by atoms with van der Waals surface area (Å²) in [6.45, 7) is 6.82. The molecule has 1 saturated carbocycles. The highest BCUT2D eigenvalue weighted by Gasteiger charge is 2.32. The largest absolute Gasteiger partial charge is 0.313 e. The van der Waals surface area contributed by atoms with E-state index in [4.69, 9.17) is 11.6 Å². The quantitative estimate of drug-likeness (QED) is 0.531. The zero-order chi connectivity index (χ0) is 13.4. The van der Waals surface area contributed by atoms with Crippen LogP contribution in [0, 0.1) is 0 Å². The summed E-state index contributed by atoms with van der Waals surface area (Å²) in [6, 6.07) is 0. The molecule has 0 atom stereocenters. The Morgan fingerprint density at radius 3 is 2.67 bits per heavy atom. The Bertz CT molecular complexity index is 327. The van der Waals surface area contributed by atoms with Gasteiger partial charge in [0.1, 0.15) is 5.67 Å². The van der Waals surface area contributed by atoms with Gasteiger partial charge in [-0.3, -0.25) is 0 Å². The van der Waals surface area contributed by atoms with E-state index in [0.29, 0.717) is 24.4 Å². The first-order valence-electron chi connectivity index (χ1n) is 6.65. The van der Waals surface area contributed by atoms with Crippen molar-refractivity contribution < 1.29 is 4.39 Å². The molecule has 0 saturated heterocycles. The van der Waals surface area contributed by atoms with Crippen LogP contribution in [0.15, 0.2) is 35.4 Å². The molecule has 0 spiro atoms. The molecule has 102 valence electrons. The van der Waals surface area contributed by atoms with E-state index in [0.717, 1.165) is 31.4 Å². The molecule has 0 radical (unpaired) electrons. The molecule has 1 N–H and O–H groups in total. The third kappa shape index (κ3) is 4.95. The van der Waals surface area contributed by atoms with Crippen molar-refractivity contribution in [3.8, 4) is 0 Å². The molecule has 0 aromatic carbocycles. The Hall–Kier alpha value is -0.600. The van der Waals surface area contributed by atoms with Crippen LogP contribution in [0.25, 0.3) is 0 Å². The van der Waals surface area contributed by atoms with Gasteiger partial charge in [0.2, 0.25) is 0 Å². The lowest BCUT2D eigenvalue weighted by Gasteiger charge is -2.19. The number of nitrogens with one attached hydrogen (secondary N) is 1. The van der Waals surface area contributed by atoms with Gasteiger partial charge in [0.05, 0.1) is 0 Å². The maximum absolute atomic E-state index is 14.1. The maximum atomic E-state index is 14.1. The van der Waals surface area contributed by atoms with Crippen molar-refractivity contribution in [3.63, 3.8) is 0 Å². The number of hydrogen-bond donors (Lipinski definition) is 1. The second kappa shape index (κ2) is 7.75. The van der Waals surface area contributed by atoms with Crippen LogP contribution in [0.1, 0.15) is 39.0 Å². The Labute approximate surface area is 115 Å². The van der Waals surface area contributed by atoms with Crippen LogP contribution < -0.4 is 5.32 Å². The van der Waals surface area contributed by atoms with Gasteiger partial charge in [0.15, 0.2) is 0 Å². The molecule has 1 rings (SSSR count). The van der Waals surface area contributed by atoms with Crippen LogP contribution in [0.4, 0.5) is 4.39 Å². The van der Waals surface area contributed by atoms with Crippen LogP contribution in [-0.2, 0) is 0 Å². The van der Waals surface area contributed by atoms with E-state index in [1.165, 1.54) is 0 Å². The number of allylic oxidation sites excluding steroid dienone is 4. The molecule has 1 nitrogen and oxygen atoms in total. The fourth-order valence-corrected chi connectivity index (χ4v) is 2.49. The van der Waals surface area contributed by atoms with Crippen LogP contribution in [0.5, 0.6) is 0 Å². The molecule has 18 heavy (non-hydrogen) atoms. The average molecular weight is 272 g/mol. The third-order valence-corrected chi connectivity index (χ3v) is 3.76. The minimum Gasteiger partial charge on any atom is -0.313 e. The predicted octanol–water partition coefficient (Wildman–Crippen LogP) is 4.50. The summed E-state index contributed by atoms with van der Waals surface area (Å²) < 4.78 is 14.1. The lowest BCUT2D eigenvalue weighted by Crippen LogP contribution is -2.34. The van der Waals surface area contributed by atoms with Crippen molar-refractivity contribution in [2.75, 3.05) is 13.1 Å². The Morgan fingerprint density at radius 2 is 2.11 bits per heavy atom. The second-order valence-corrected chi connectivity index (χ2v) is 5.27. The van der Waals surface area contributed by atoms with Gasteiger partial charge < -0.3 is 5.32 Å². The standard InChI is InChI=1S/C15H23ClFN/c1-3-7-13(14(16)4-2)8-11-18-12-15(17)9-5-6-10-15/h3-4,7,18H,2,5-6,8-12H2,1H3/b7-3-,14-13-. The van der Waals surface area contributed by atoms with Gasteiger partial charge in [0.25, 0.3) is 0 Å². The van der Waals surface area contributed by atoms with Gasteiger partial charge in [-0.1, -0.05) is 49.2 Å². The van der Waals surface area contributed by atoms with Crippen molar-refractivity contribution >= 4 is 11.6 Å². The van der Waals surface area contributed by atoms with Gasteiger partial charge in [-0.25, -0.2) is 4.39 Å². The molecule has 0 heterocycles. The van der Waals surface area contributed by atoms with E-state index in [1.807, 2.05) is 19.1 Å². The number of alkyl halides is 1. The highest BCUT2D eigenvalue weighted by atomic mass is 35.5. The fourth-order valence-electron chi connectivity index (χ4n) is 2.34. The summed E-state index contributed by atoms with van der Waals surface area (Å²) >= 11 is 6.05. The Morgan fingerprint density at radius 1 is 1.44 bits per heavy atom. The molecule has 1 fully saturated rings. The van der Waals surface area contributed by atoms with Crippen LogP contribution in [-0.4, -0.2) is 18.8 Å². The molecule has 0 aliphatic heterocycles. The molecule has 1 aliphatic rings. The van der Waals surface area contributed by atoms with Crippen molar-refractivity contribution in [1.82, 2.24) is 5.32 Å². The normalized spacial score (nSPS) is 20.2. The molecule has 0 aromatic heterocycles. The zero-order valence-electron chi connectivity index (χ0n) is 11.1. The number of rotatable bonds is 7. The topological polar surface area (TPSA) is 12.0 Å². The lowest BCUT2D eigenvalue weighted by atomic mass is 10.0. The summed E-state index contributed by atoms with van der Waals surface area (Å²) in [5.41, 5.74) is 0.0631. The minimum absolute atomic E-state index is 0.460. The van der Waals surface area contributed by atoms with Crippen LogP contribution >= 0.6 is 11.6 Å². The number of hydrogen-bond acceptors (Lipinski definition) is 1. The summed E-state index contributed by atoms with van der Waals surface area (Å²) in [7, 11) is 0. The molecular weight excluding hydrogens is 249 g/mol. The summed E-state index contributed by atoms with van der Waals surface area (Å²) in [6.07, 6.45) is 9.81. The van der Waals surface area contributed by atoms with Gasteiger partial charge in [-0.05, 0) is 38.3 Å². The summed E-state index contributed by atoms with van der Waals surface area (Å²) in [5, 5.41) is 3.87. The molecule has 1 aliphatic carbocycles. The number of halogens is 2. The monoisotopic (exact) mass is 271 g/mol. The average Bonchev–Trinajstić information content (AvgIpc) is 2.79. The van der Waals surface area contributed by atoms with E-state index >= 15 is 0 Å². The van der Waals surface area contributed by atoms with E-state index in [1.54, 1.807) is 6.08 Å². The Balaban J connectivity index is 2.33. The van der Waals surface area contributed by atoms with Crippen LogP contribution in [0.2, 0.25) is 0 Å². The first-order valence-corrected chi connectivity index (χ1v) is 7.02. The van der Waals surface area contributed by atoms with Crippen molar-refractivity contribution in [2.45, 2.75) is 44.7 Å². The first kappa shape index (κ1) is 15.5.